The van der Waals surface area contributed by atoms with Crippen LogP contribution in [-0.2, 0) is 61.8 Å². The number of carbonyl (C=O) groups excluding carboxylic acids is 4. The van der Waals surface area contributed by atoms with E-state index in [1.54, 1.807) is 27.7 Å². The molecule has 0 radical (unpaired) electrons. The fourth-order valence-electron chi connectivity index (χ4n) is 5.94. The van der Waals surface area contributed by atoms with Crippen molar-refractivity contribution >= 4 is 41.1 Å². The molecule has 0 unspecified atom stereocenters. The average molecular weight is 603 g/mol. The summed E-state index contributed by atoms with van der Waals surface area (Å²) in [6, 6.07) is 0. The van der Waals surface area contributed by atoms with E-state index in [9.17, 15) is 19.2 Å². The molecular weight excluding hydrogens is 568 g/mol. The molecule has 5 saturated heterocycles. The molecule has 0 aromatic heterocycles. The summed E-state index contributed by atoms with van der Waals surface area (Å²) in [6.45, 7) is 10.1. The first-order valence-electron chi connectivity index (χ1n) is 13.2. The van der Waals surface area contributed by atoms with E-state index < -0.39 is 90.1 Å². The van der Waals surface area contributed by atoms with Gasteiger partial charge in [0.1, 0.15) is 18.3 Å². The van der Waals surface area contributed by atoms with Crippen LogP contribution in [0.3, 0.4) is 0 Å². The summed E-state index contributed by atoms with van der Waals surface area (Å²) in [7, 11) is 0. The molecule has 0 aromatic carbocycles. The highest BCUT2D eigenvalue weighted by Crippen LogP contribution is 2.49. The summed E-state index contributed by atoms with van der Waals surface area (Å²) in [5, 5.41) is 3.00. The van der Waals surface area contributed by atoms with Gasteiger partial charge in [-0.2, -0.15) is 0 Å². The Bertz CT molecular complexity index is 1150. The Morgan fingerprint density at radius 1 is 0.878 bits per heavy atom. The van der Waals surface area contributed by atoms with Gasteiger partial charge in [-0.1, -0.05) is 0 Å². The number of hydrogen-bond donors (Lipinski definition) is 1. The van der Waals surface area contributed by atoms with Gasteiger partial charge in [-0.15, -0.1) is 0 Å². The maximum absolute atomic E-state index is 14.6. The third kappa shape index (κ3) is 5.30. The van der Waals surface area contributed by atoms with E-state index in [0.29, 0.717) is 0 Å². The highest BCUT2D eigenvalue weighted by Gasteiger charge is 2.74. The predicted octanol–water partition coefficient (Wildman–Crippen LogP) is -0.379. The maximum atomic E-state index is 14.6. The smallest absolute Gasteiger partial charge is 0.303 e. The van der Waals surface area contributed by atoms with Gasteiger partial charge in [-0.05, 0) is 39.9 Å². The van der Waals surface area contributed by atoms with Gasteiger partial charge in [-0.25, -0.2) is 0 Å². The standard InChI is InChI=1S/C25H34N2O13S/c1-10(28)34-13-8-32-19(16(36-12(3)30)15(13)35-11(2)29)27-21(31)25(26-22(27)41)17(14-9-33-23(4,5)38-14)37-20-18(25)39-24(6,7)40-20/h13-20H,8-9H2,1-7H3,(H,26,41)/t13-,14-,15-,16+,17-,18+,19+,20-,25-/m1/s1. The Balaban J connectivity index is 1.52. The predicted molar refractivity (Wildman–Crippen MR) is 135 cm³/mol. The lowest BCUT2D eigenvalue weighted by atomic mass is 9.85. The van der Waals surface area contributed by atoms with Gasteiger partial charge in [0.2, 0.25) is 0 Å². The van der Waals surface area contributed by atoms with E-state index in [4.69, 9.17) is 54.8 Å². The molecule has 0 saturated carbocycles. The zero-order chi connectivity index (χ0) is 30.1. The Labute approximate surface area is 241 Å². The monoisotopic (exact) mass is 602 g/mol. The Morgan fingerprint density at radius 2 is 1.51 bits per heavy atom. The van der Waals surface area contributed by atoms with Crippen LogP contribution in [0.25, 0.3) is 0 Å². The van der Waals surface area contributed by atoms with Crippen LogP contribution >= 0.6 is 12.2 Å². The lowest BCUT2D eigenvalue weighted by molar-refractivity contribution is -0.243. The summed E-state index contributed by atoms with van der Waals surface area (Å²) in [4.78, 5) is 51.7. The first-order chi connectivity index (χ1) is 19.0. The number of hydrogen-bond acceptors (Lipinski definition) is 14. The number of esters is 3. The van der Waals surface area contributed by atoms with Crippen LogP contribution in [0.2, 0.25) is 0 Å². The van der Waals surface area contributed by atoms with Gasteiger partial charge in [-0.3, -0.25) is 24.1 Å². The molecule has 9 atom stereocenters. The highest BCUT2D eigenvalue weighted by molar-refractivity contribution is 7.80. The molecule has 15 nitrogen and oxygen atoms in total. The molecule has 0 bridgehead atoms. The number of ether oxygens (including phenoxy) is 9. The topological polar surface area (TPSA) is 167 Å². The number of fused-ring (bicyclic) bond motifs is 2. The van der Waals surface area contributed by atoms with E-state index in [0.717, 1.165) is 18.7 Å². The van der Waals surface area contributed by atoms with Crippen LogP contribution in [0.15, 0.2) is 0 Å². The number of amides is 1. The van der Waals surface area contributed by atoms with Crippen LogP contribution in [0.5, 0.6) is 0 Å². The molecule has 1 amide bonds. The molecule has 5 aliphatic rings. The lowest BCUT2D eigenvalue weighted by Crippen LogP contribution is -2.66. The largest absolute Gasteiger partial charge is 0.456 e. The lowest BCUT2D eigenvalue weighted by Gasteiger charge is -2.43. The first kappa shape index (κ1) is 30.0. The molecule has 5 heterocycles. The van der Waals surface area contributed by atoms with Crippen molar-refractivity contribution in [1.29, 1.82) is 0 Å². The molecule has 16 heteroatoms. The zero-order valence-electron chi connectivity index (χ0n) is 23.7. The van der Waals surface area contributed by atoms with Gasteiger partial charge < -0.3 is 47.9 Å². The molecule has 1 N–H and O–H groups in total. The normalized spacial score (nSPS) is 40.8. The fraction of sp³-hybridized carbons (Fsp3) is 0.800. The van der Waals surface area contributed by atoms with E-state index in [-0.39, 0.29) is 18.3 Å². The molecule has 5 fully saturated rings. The second-order valence-electron chi connectivity index (χ2n) is 11.3. The minimum absolute atomic E-state index is 0.0922. The minimum Gasteiger partial charge on any atom is -0.456 e. The van der Waals surface area contributed by atoms with Crippen molar-refractivity contribution < 1.29 is 61.8 Å². The highest BCUT2D eigenvalue weighted by atomic mass is 32.1. The van der Waals surface area contributed by atoms with Gasteiger partial charge in [0.25, 0.3) is 5.91 Å². The minimum atomic E-state index is -1.65. The molecule has 0 aliphatic carbocycles. The molecule has 5 aliphatic heterocycles. The van der Waals surface area contributed by atoms with Crippen LogP contribution < -0.4 is 5.32 Å². The third-order valence-corrected chi connectivity index (χ3v) is 7.59. The Morgan fingerprint density at radius 3 is 2.10 bits per heavy atom. The van der Waals surface area contributed by atoms with Crippen molar-refractivity contribution in [3.8, 4) is 0 Å². The SMILES string of the molecule is CC(=O)O[C@H]1[C@H](OC(C)=O)[C@@H](N2C(=O)[C@@]3(NC2=S)[C@@H]([C@H]2COC(C)(C)O2)O[C@@H]2OC(C)(C)O[C@@H]23)OC[C@H]1OC(C)=O. The number of nitrogens with one attached hydrogen (secondary N) is 1. The molecule has 5 rings (SSSR count). The van der Waals surface area contributed by atoms with E-state index in [2.05, 4.69) is 5.32 Å². The number of rotatable bonds is 5. The number of thiocarbonyl (C=S) groups is 1. The molecule has 1 spiro atoms. The van der Waals surface area contributed by atoms with Crippen molar-refractivity contribution in [1.82, 2.24) is 10.2 Å². The first-order valence-corrected chi connectivity index (χ1v) is 13.6. The van der Waals surface area contributed by atoms with Gasteiger partial charge in [0.15, 0.2) is 53.1 Å². The summed E-state index contributed by atoms with van der Waals surface area (Å²) >= 11 is 5.65. The number of nitrogens with zero attached hydrogens (tertiary/aromatic N) is 1. The van der Waals surface area contributed by atoms with Gasteiger partial charge >= 0.3 is 17.9 Å². The third-order valence-electron chi connectivity index (χ3n) is 7.29. The fourth-order valence-corrected chi connectivity index (χ4v) is 6.30. The molecule has 228 valence electrons. The van der Waals surface area contributed by atoms with Crippen LogP contribution in [0, 0.1) is 0 Å². The Kier molecular flexibility index (Phi) is 7.58. The summed E-state index contributed by atoms with van der Waals surface area (Å²) in [5.41, 5.74) is -1.65. The van der Waals surface area contributed by atoms with Crippen LogP contribution in [0.1, 0.15) is 48.5 Å². The zero-order valence-corrected chi connectivity index (χ0v) is 24.5. The van der Waals surface area contributed by atoms with Crippen molar-refractivity contribution in [3.05, 3.63) is 0 Å². The Hall–Kier alpha value is -2.47. The van der Waals surface area contributed by atoms with Gasteiger partial charge in [0.05, 0.1) is 13.2 Å². The summed E-state index contributed by atoms with van der Waals surface area (Å²) in [6.07, 6.45) is -8.88. The maximum Gasteiger partial charge on any atom is 0.303 e. The van der Waals surface area contributed by atoms with Crippen molar-refractivity contribution in [2.75, 3.05) is 13.2 Å². The van der Waals surface area contributed by atoms with E-state index in [1.165, 1.54) is 6.92 Å². The molecule has 41 heavy (non-hydrogen) atoms. The van der Waals surface area contributed by atoms with Crippen molar-refractivity contribution in [3.63, 3.8) is 0 Å². The van der Waals surface area contributed by atoms with E-state index in [1.807, 2.05) is 0 Å². The van der Waals surface area contributed by atoms with Crippen LogP contribution in [-0.4, -0.2) is 113 Å². The number of carbonyl (C=O) groups is 4. The van der Waals surface area contributed by atoms with Crippen LogP contribution in [0.4, 0.5) is 0 Å². The van der Waals surface area contributed by atoms with Gasteiger partial charge in [0, 0.05) is 20.8 Å². The summed E-state index contributed by atoms with van der Waals surface area (Å²) in [5.74, 6) is -4.84. The average Bonchev–Trinajstić information content (AvgIpc) is 3.50. The van der Waals surface area contributed by atoms with Crippen molar-refractivity contribution in [2.45, 2.75) is 115 Å². The quantitative estimate of drug-likeness (QED) is 0.246. The molecule has 0 aromatic rings. The second kappa shape index (κ2) is 10.4. The second-order valence-corrected chi connectivity index (χ2v) is 11.7. The summed E-state index contributed by atoms with van der Waals surface area (Å²) < 4.78 is 52.4. The molecular formula is C25H34N2O13S. The van der Waals surface area contributed by atoms with Crippen molar-refractivity contribution in [2.24, 2.45) is 0 Å². The van der Waals surface area contributed by atoms with E-state index >= 15 is 0 Å².